The fourth-order valence-corrected chi connectivity index (χ4v) is 3.06. The van der Waals surface area contributed by atoms with E-state index in [0.717, 1.165) is 31.0 Å². The zero-order chi connectivity index (χ0) is 14.7. The van der Waals surface area contributed by atoms with Gasteiger partial charge in [0.2, 0.25) is 0 Å². The highest BCUT2D eigenvalue weighted by Gasteiger charge is 2.25. The first-order valence-electron chi connectivity index (χ1n) is 7.67. The summed E-state index contributed by atoms with van der Waals surface area (Å²) in [5.41, 5.74) is 2.16. The van der Waals surface area contributed by atoms with Crippen LogP contribution < -0.4 is 0 Å². The average Bonchev–Trinajstić information content (AvgIpc) is 2.77. The Morgan fingerprint density at radius 2 is 2.05 bits per heavy atom. The van der Waals surface area contributed by atoms with E-state index in [4.69, 9.17) is 4.52 Å². The predicted molar refractivity (Wildman–Crippen MR) is 81.0 cm³/mol. The molecule has 112 valence electrons. The number of rotatable bonds is 3. The van der Waals surface area contributed by atoms with Crippen molar-refractivity contribution in [1.29, 1.82) is 0 Å². The second-order valence-corrected chi connectivity index (χ2v) is 5.87. The standard InChI is InChI=1S/C17H22N2O2/c1-13-11-17(21-18-13)16-5-3-2-4-10-19(16)12-14-6-8-15(20)9-7-14/h6-9,11,16,20H,2-5,10,12H2,1H3/t16-/m1/s1. The summed E-state index contributed by atoms with van der Waals surface area (Å²) in [6.07, 6.45) is 4.85. The number of nitrogens with zero attached hydrogens (tertiary/aromatic N) is 2. The smallest absolute Gasteiger partial charge is 0.154 e. The van der Waals surface area contributed by atoms with Gasteiger partial charge in [-0.15, -0.1) is 0 Å². The van der Waals surface area contributed by atoms with Crippen molar-refractivity contribution in [2.45, 2.75) is 45.2 Å². The first-order valence-corrected chi connectivity index (χ1v) is 7.67. The van der Waals surface area contributed by atoms with Crippen LogP contribution in [0.25, 0.3) is 0 Å². The number of aromatic nitrogens is 1. The summed E-state index contributed by atoms with van der Waals surface area (Å²) < 4.78 is 5.51. The topological polar surface area (TPSA) is 49.5 Å². The van der Waals surface area contributed by atoms with Crippen LogP contribution in [0.2, 0.25) is 0 Å². The normalized spacial score (nSPS) is 20.3. The van der Waals surface area contributed by atoms with Gasteiger partial charge in [-0.2, -0.15) is 0 Å². The van der Waals surface area contributed by atoms with Crippen LogP contribution in [-0.4, -0.2) is 21.7 Å². The monoisotopic (exact) mass is 286 g/mol. The molecule has 21 heavy (non-hydrogen) atoms. The van der Waals surface area contributed by atoms with E-state index in [9.17, 15) is 5.11 Å². The molecule has 0 spiro atoms. The summed E-state index contributed by atoms with van der Waals surface area (Å²) in [6.45, 7) is 3.92. The van der Waals surface area contributed by atoms with Gasteiger partial charge in [-0.3, -0.25) is 4.90 Å². The van der Waals surface area contributed by atoms with Crippen molar-refractivity contribution in [2.24, 2.45) is 0 Å². The van der Waals surface area contributed by atoms with Crippen LogP contribution in [0.4, 0.5) is 0 Å². The first-order chi connectivity index (χ1) is 10.2. The van der Waals surface area contributed by atoms with E-state index >= 15 is 0 Å². The summed E-state index contributed by atoms with van der Waals surface area (Å²) in [5.74, 6) is 1.30. The maximum Gasteiger partial charge on any atom is 0.154 e. The van der Waals surface area contributed by atoms with Crippen LogP contribution in [0.5, 0.6) is 5.75 Å². The minimum atomic E-state index is 0.308. The van der Waals surface area contributed by atoms with E-state index in [2.05, 4.69) is 16.1 Å². The van der Waals surface area contributed by atoms with Gasteiger partial charge in [-0.05, 0) is 44.0 Å². The lowest BCUT2D eigenvalue weighted by Crippen LogP contribution is -2.27. The molecule has 4 nitrogen and oxygen atoms in total. The molecular formula is C17H22N2O2. The predicted octanol–water partition coefficient (Wildman–Crippen LogP) is 3.81. The second-order valence-electron chi connectivity index (χ2n) is 5.87. The van der Waals surface area contributed by atoms with Gasteiger partial charge in [0.15, 0.2) is 5.76 Å². The highest BCUT2D eigenvalue weighted by atomic mass is 16.5. The third-order valence-corrected chi connectivity index (χ3v) is 4.16. The molecule has 1 aromatic carbocycles. The van der Waals surface area contributed by atoms with E-state index in [-0.39, 0.29) is 0 Å². The summed E-state index contributed by atoms with van der Waals surface area (Å²) in [7, 11) is 0. The highest BCUT2D eigenvalue weighted by molar-refractivity contribution is 5.26. The SMILES string of the molecule is Cc1cc([C@H]2CCCCCN2Cc2ccc(O)cc2)on1. The fraction of sp³-hybridized carbons (Fsp3) is 0.471. The van der Waals surface area contributed by atoms with Gasteiger partial charge in [0.05, 0.1) is 11.7 Å². The van der Waals surface area contributed by atoms with Gasteiger partial charge in [-0.25, -0.2) is 0 Å². The van der Waals surface area contributed by atoms with E-state index < -0.39 is 0 Å². The van der Waals surface area contributed by atoms with Gasteiger partial charge in [0, 0.05) is 12.6 Å². The third kappa shape index (κ3) is 3.45. The van der Waals surface area contributed by atoms with Crippen LogP contribution in [0, 0.1) is 6.92 Å². The lowest BCUT2D eigenvalue weighted by Gasteiger charge is -2.28. The summed E-state index contributed by atoms with van der Waals surface area (Å²) in [6, 6.07) is 9.84. The molecular weight excluding hydrogens is 264 g/mol. The molecule has 0 amide bonds. The van der Waals surface area contributed by atoms with Crippen LogP contribution in [0.3, 0.4) is 0 Å². The molecule has 1 saturated heterocycles. The Balaban J connectivity index is 1.80. The van der Waals surface area contributed by atoms with Crippen LogP contribution >= 0.6 is 0 Å². The van der Waals surface area contributed by atoms with Crippen molar-refractivity contribution >= 4 is 0 Å². The van der Waals surface area contributed by atoms with E-state index in [1.807, 2.05) is 19.1 Å². The second kappa shape index (κ2) is 6.31. The van der Waals surface area contributed by atoms with Gasteiger partial charge >= 0.3 is 0 Å². The molecule has 2 aromatic rings. The number of aromatic hydroxyl groups is 1. The molecule has 0 radical (unpaired) electrons. The van der Waals surface area contributed by atoms with E-state index in [0.29, 0.717) is 11.8 Å². The molecule has 1 fully saturated rings. The fourth-order valence-electron chi connectivity index (χ4n) is 3.06. The Morgan fingerprint density at radius 1 is 1.24 bits per heavy atom. The Bertz CT molecular complexity index is 577. The van der Waals surface area contributed by atoms with Crippen molar-refractivity contribution in [3.8, 4) is 5.75 Å². The number of likely N-dealkylation sites (tertiary alicyclic amines) is 1. The quantitative estimate of drug-likeness (QED) is 0.932. The molecule has 0 saturated carbocycles. The maximum absolute atomic E-state index is 9.40. The van der Waals surface area contributed by atoms with Crippen molar-refractivity contribution in [3.05, 3.63) is 47.3 Å². The zero-order valence-electron chi connectivity index (χ0n) is 12.5. The zero-order valence-corrected chi connectivity index (χ0v) is 12.5. The summed E-state index contributed by atoms with van der Waals surface area (Å²) in [4.78, 5) is 2.47. The minimum absolute atomic E-state index is 0.308. The molecule has 3 rings (SSSR count). The number of phenolic OH excluding ortho intramolecular Hbond substituents is 1. The van der Waals surface area contributed by atoms with Crippen LogP contribution in [0.1, 0.15) is 48.7 Å². The number of hydrogen-bond donors (Lipinski definition) is 1. The molecule has 1 aliphatic heterocycles. The summed E-state index contributed by atoms with van der Waals surface area (Å²) in [5, 5.41) is 13.4. The average molecular weight is 286 g/mol. The lowest BCUT2D eigenvalue weighted by molar-refractivity contribution is 0.160. The van der Waals surface area contributed by atoms with Crippen molar-refractivity contribution in [2.75, 3.05) is 6.54 Å². The van der Waals surface area contributed by atoms with Gasteiger partial charge in [0.1, 0.15) is 5.75 Å². The van der Waals surface area contributed by atoms with Crippen molar-refractivity contribution < 1.29 is 9.63 Å². The first kappa shape index (κ1) is 14.1. The molecule has 1 aromatic heterocycles. The third-order valence-electron chi connectivity index (χ3n) is 4.16. The molecule has 0 aliphatic carbocycles. The Hall–Kier alpha value is -1.81. The Labute approximate surface area is 125 Å². The number of benzene rings is 1. The van der Waals surface area contributed by atoms with Gasteiger partial charge < -0.3 is 9.63 Å². The number of aryl methyl sites for hydroxylation is 1. The molecule has 1 aliphatic rings. The Morgan fingerprint density at radius 3 is 2.76 bits per heavy atom. The van der Waals surface area contributed by atoms with Gasteiger partial charge in [-0.1, -0.05) is 30.1 Å². The van der Waals surface area contributed by atoms with E-state index in [1.165, 1.54) is 24.8 Å². The van der Waals surface area contributed by atoms with E-state index in [1.54, 1.807) is 12.1 Å². The maximum atomic E-state index is 9.40. The summed E-state index contributed by atoms with van der Waals surface area (Å²) >= 11 is 0. The highest BCUT2D eigenvalue weighted by Crippen LogP contribution is 2.31. The number of phenols is 1. The number of hydrogen-bond acceptors (Lipinski definition) is 4. The van der Waals surface area contributed by atoms with Crippen LogP contribution in [0.15, 0.2) is 34.9 Å². The lowest BCUT2D eigenvalue weighted by atomic mass is 10.1. The molecule has 0 bridgehead atoms. The van der Waals surface area contributed by atoms with Gasteiger partial charge in [0.25, 0.3) is 0 Å². The van der Waals surface area contributed by atoms with Crippen molar-refractivity contribution in [1.82, 2.24) is 10.1 Å². The molecule has 2 heterocycles. The molecule has 0 unspecified atom stereocenters. The van der Waals surface area contributed by atoms with Crippen LogP contribution in [-0.2, 0) is 6.54 Å². The molecule has 1 N–H and O–H groups in total. The Kier molecular flexibility index (Phi) is 4.25. The van der Waals surface area contributed by atoms with Crippen molar-refractivity contribution in [3.63, 3.8) is 0 Å². The largest absolute Gasteiger partial charge is 0.508 e. The minimum Gasteiger partial charge on any atom is -0.508 e. The molecule has 1 atom stereocenters. The molecule has 4 heteroatoms.